The zero-order valence-electron chi connectivity index (χ0n) is 15.9. The molecule has 2 atom stereocenters. The predicted molar refractivity (Wildman–Crippen MR) is 110 cm³/mol. The molecule has 4 nitrogen and oxygen atoms in total. The number of hydrogen-bond donors (Lipinski definition) is 0. The standard InChI is InChI=1S/C24H24N2O2/c1-3-10-21-24(16-22(27)25(21)17-18-11-6-5-7-12-18)20-14-9-8-13-19(20)23(28)26(24)15-4-2/h3-9,11-14,21H,1-2,10,15-17H2/t21-,24-/m0/s1. The Labute approximate surface area is 165 Å². The number of hydrogen-bond acceptors (Lipinski definition) is 2. The van der Waals surface area contributed by atoms with E-state index in [9.17, 15) is 9.59 Å². The van der Waals surface area contributed by atoms with Crippen molar-refractivity contribution in [2.45, 2.75) is 31.0 Å². The van der Waals surface area contributed by atoms with E-state index in [2.05, 4.69) is 13.2 Å². The second-order valence-electron chi connectivity index (χ2n) is 7.40. The van der Waals surface area contributed by atoms with Crippen LogP contribution in [0, 0.1) is 0 Å². The minimum absolute atomic E-state index is 0.0288. The van der Waals surface area contributed by atoms with Gasteiger partial charge in [-0.05, 0) is 23.6 Å². The number of benzene rings is 2. The predicted octanol–water partition coefficient (Wildman–Crippen LogP) is 3.90. The largest absolute Gasteiger partial charge is 0.332 e. The van der Waals surface area contributed by atoms with Gasteiger partial charge in [-0.15, -0.1) is 13.2 Å². The average Bonchev–Trinajstić information content (AvgIpc) is 3.11. The Morgan fingerprint density at radius 3 is 2.43 bits per heavy atom. The van der Waals surface area contributed by atoms with E-state index in [1.54, 1.807) is 6.08 Å². The highest BCUT2D eigenvalue weighted by Gasteiger charge is 2.60. The molecule has 0 radical (unpaired) electrons. The van der Waals surface area contributed by atoms with Gasteiger partial charge >= 0.3 is 0 Å². The highest BCUT2D eigenvalue weighted by Crippen LogP contribution is 2.51. The average molecular weight is 372 g/mol. The molecule has 2 aliphatic rings. The molecule has 1 saturated heterocycles. The van der Waals surface area contributed by atoms with Crippen molar-refractivity contribution in [2.75, 3.05) is 6.54 Å². The highest BCUT2D eigenvalue weighted by atomic mass is 16.2. The SMILES string of the molecule is C=CC[C@@H]1N(Cc2ccccc2)C(=O)C[C@]12c1ccccc1C(=O)N2CC=C. The summed E-state index contributed by atoms with van der Waals surface area (Å²) in [7, 11) is 0. The minimum Gasteiger partial charge on any atom is -0.332 e. The normalized spacial score (nSPS) is 23.4. The third-order valence-electron chi connectivity index (χ3n) is 5.92. The molecule has 4 rings (SSSR count). The molecule has 0 unspecified atom stereocenters. The van der Waals surface area contributed by atoms with Crippen LogP contribution in [0.2, 0.25) is 0 Å². The number of rotatable bonds is 6. The van der Waals surface area contributed by atoms with Crippen molar-refractivity contribution in [3.05, 3.63) is 96.6 Å². The lowest BCUT2D eigenvalue weighted by Gasteiger charge is -2.41. The van der Waals surface area contributed by atoms with Gasteiger partial charge in [-0.25, -0.2) is 0 Å². The van der Waals surface area contributed by atoms with Crippen LogP contribution in [0.1, 0.15) is 34.3 Å². The molecule has 0 aliphatic carbocycles. The molecular weight excluding hydrogens is 348 g/mol. The van der Waals surface area contributed by atoms with Crippen LogP contribution >= 0.6 is 0 Å². The Balaban J connectivity index is 1.84. The van der Waals surface area contributed by atoms with Gasteiger partial charge in [0.15, 0.2) is 0 Å². The van der Waals surface area contributed by atoms with E-state index in [0.717, 1.165) is 11.1 Å². The van der Waals surface area contributed by atoms with E-state index in [-0.39, 0.29) is 24.3 Å². The van der Waals surface area contributed by atoms with Crippen LogP contribution in [-0.2, 0) is 16.9 Å². The van der Waals surface area contributed by atoms with Gasteiger partial charge in [0.25, 0.3) is 5.91 Å². The van der Waals surface area contributed by atoms with Gasteiger partial charge in [0, 0.05) is 18.7 Å². The van der Waals surface area contributed by atoms with Crippen molar-refractivity contribution in [3.63, 3.8) is 0 Å². The van der Waals surface area contributed by atoms with E-state index in [4.69, 9.17) is 0 Å². The maximum Gasteiger partial charge on any atom is 0.255 e. The van der Waals surface area contributed by atoms with Crippen LogP contribution in [0.3, 0.4) is 0 Å². The Hall–Kier alpha value is -3.14. The number of amides is 2. The first-order valence-electron chi connectivity index (χ1n) is 9.60. The van der Waals surface area contributed by atoms with E-state index in [1.807, 2.05) is 70.5 Å². The fourth-order valence-corrected chi connectivity index (χ4v) is 4.78. The molecule has 28 heavy (non-hydrogen) atoms. The monoisotopic (exact) mass is 372 g/mol. The molecule has 2 aliphatic heterocycles. The van der Waals surface area contributed by atoms with Crippen LogP contribution in [0.4, 0.5) is 0 Å². The number of nitrogens with zero attached hydrogens (tertiary/aromatic N) is 2. The van der Waals surface area contributed by atoms with Crippen molar-refractivity contribution in [1.29, 1.82) is 0 Å². The molecule has 0 bridgehead atoms. The Kier molecular flexibility index (Phi) is 4.63. The van der Waals surface area contributed by atoms with Gasteiger partial charge in [0.2, 0.25) is 5.91 Å². The van der Waals surface area contributed by atoms with Crippen LogP contribution in [0.25, 0.3) is 0 Å². The quantitative estimate of drug-likeness (QED) is 0.722. The number of likely N-dealkylation sites (tertiary alicyclic amines) is 1. The Bertz CT molecular complexity index is 937. The molecule has 0 N–H and O–H groups in total. The molecule has 142 valence electrons. The second-order valence-corrected chi connectivity index (χ2v) is 7.40. The molecule has 0 aromatic heterocycles. The summed E-state index contributed by atoms with van der Waals surface area (Å²) in [6.45, 7) is 8.71. The van der Waals surface area contributed by atoms with Crippen LogP contribution in [0.15, 0.2) is 79.9 Å². The number of carbonyl (C=O) groups is 2. The first-order chi connectivity index (χ1) is 13.6. The summed E-state index contributed by atoms with van der Waals surface area (Å²) in [6.07, 6.45) is 4.49. The molecule has 4 heteroatoms. The number of carbonyl (C=O) groups excluding carboxylic acids is 2. The summed E-state index contributed by atoms with van der Waals surface area (Å²) < 4.78 is 0. The summed E-state index contributed by atoms with van der Waals surface area (Å²) in [6, 6.07) is 17.5. The van der Waals surface area contributed by atoms with Gasteiger partial charge in [-0.1, -0.05) is 60.7 Å². The summed E-state index contributed by atoms with van der Waals surface area (Å²) in [5.41, 5.74) is 2.03. The minimum atomic E-state index is -0.679. The molecule has 0 saturated carbocycles. The third kappa shape index (κ3) is 2.60. The zero-order valence-corrected chi connectivity index (χ0v) is 15.9. The van der Waals surface area contributed by atoms with E-state index < -0.39 is 5.54 Å². The third-order valence-corrected chi connectivity index (χ3v) is 5.92. The van der Waals surface area contributed by atoms with E-state index in [1.165, 1.54) is 0 Å². The zero-order chi connectivity index (χ0) is 19.7. The van der Waals surface area contributed by atoms with Crippen LogP contribution in [-0.4, -0.2) is 34.2 Å². The van der Waals surface area contributed by atoms with Crippen molar-refractivity contribution in [2.24, 2.45) is 0 Å². The molecule has 2 aromatic carbocycles. The molecule has 2 amide bonds. The fourth-order valence-electron chi connectivity index (χ4n) is 4.78. The highest BCUT2D eigenvalue weighted by molar-refractivity contribution is 6.02. The molecule has 1 fully saturated rings. The van der Waals surface area contributed by atoms with Gasteiger partial charge in [-0.3, -0.25) is 9.59 Å². The van der Waals surface area contributed by atoms with E-state index >= 15 is 0 Å². The van der Waals surface area contributed by atoms with Crippen molar-refractivity contribution >= 4 is 11.8 Å². The Morgan fingerprint density at radius 2 is 1.71 bits per heavy atom. The van der Waals surface area contributed by atoms with Gasteiger partial charge in [0.1, 0.15) is 0 Å². The van der Waals surface area contributed by atoms with Crippen molar-refractivity contribution in [3.8, 4) is 0 Å². The summed E-state index contributed by atoms with van der Waals surface area (Å²) >= 11 is 0. The lowest BCUT2D eigenvalue weighted by Crippen LogP contribution is -2.52. The number of fused-ring (bicyclic) bond motifs is 2. The maximum absolute atomic E-state index is 13.2. The maximum atomic E-state index is 13.2. The summed E-state index contributed by atoms with van der Waals surface area (Å²) in [5, 5.41) is 0. The van der Waals surface area contributed by atoms with Crippen molar-refractivity contribution < 1.29 is 9.59 Å². The Morgan fingerprint density at radius 1 is 1.00 bits per heavy atom. The summed E-state index contributed by atoms with van der Waals surface area (Å²) in [4.78, 5) is 30.2. The van der Waals surface area contributed by atoms with Gasteiger partial charge < -0.3 is 9.80 Å². The second kappa shape index (κ2) is 7.12. The fraction of sp³-hybridized carbons (Fsp3) is 0.250. The molecular formula is C24H24N2O2. The van der Waals surface area contributed by atoms with Gasteiger partial charge in [0.05, 0.1) is 18.0 Å². The first-order valence-corrected chi connectivity index (χ1v) is 9.60. The van der Waals surface area contributed by atoms with E-state index in [0.29, 0.717) is 25.1 Å². The van der Waals surface area contributed by atoms with Crippen LogP contribution in [0.5, 0.6) is 0 Å². The topological polar surface area (TPSA) is 40.6 Å². The van der Waals surface area contributed by atoms with Crippen molar-refractivity contribution in [1.82, 2.24) is 9.80 Å². The summed E-state index contributed by atoms with van der Waals surface area (Å²) in [5.74, 6) is 0.0354. The van der Waals surface area contributed by atoms with Crippen LogP contribution < -0.4 is 0 Å². The molecule has 2 aromatic rings. The lowest BCUT2D eigenvalue weighted by atomic mass is 9.81. The first kappa shape index (κ1) is 18.2. The molecule has 2 heterocycles. The molecule has 1 spiro atoms. The lowest BCUT2D eigenvalue weighted by molar-refractivity contribution is -0.129. The smallest absolute Gasteiger partial charge is 0.255 e. The van der Waals surface area contributed by atoms with Gasteiger partial charge in [-0.2, -0.15) is 0 Å².